The molecule has 0 unspecified atom stereocenters. The van der Waals surface area contributed by atoms with Crippen LogP contribution in [0.1, 0.15) is 10.4 Å². The monoisotopic (exact) mass is 642 g/mol. The van der Waals surface area contributed by atoms with Gasteiger partial charge in [-0.15, -0.1) is 0 Å². The zero-order valence-electron chi connectivity index (χ0n) is 25.4. The second-order valence-corrected chi connectivity index (χ2v) is 12.0. The first-order valence-corrected chi connectivity index (χ1v) is 15.4. The summed E-state index contributed by atoms with van der Waals surface area (Å²) in [6, 6.07) is 31.4. The van der Waals surface area contributed by atoms with Crippen molar-refractivity contribution in [2.45, 2.75) is 0 Å². The van der Waals surface area contributed by atoms with Gasteiger partial charge in [-0.1, -0.05) is 60.7 Å². The van der Waals surface area contributed by atoms with E-state index in [4.69, 9.17) is 8.83 Å². The van der Waals surface area contributed by atoms with Crippen LogP contribution in [0, 0.1) is 0 Å². The van der Waals surface area contributed by atoms with Crippen LogP contribution in [0.5, 0.6) is 11.5 Å². The van der Waals surface area contributed by atoms with Crippen LogP contribution >= 0.6 is 0 Å². The van der Waals surface area contributed by atoms with E-state index in [9.17, 15) is 29.7 Å². The SMILES string of the molecule is O=C(O)c1cc(-c2c3ccc(=O)cc-3oc3cc(O)c4ccccc4c23)ccc1-c1c2ccc(=O)cc-2oc2cc(O)c3ccccc3c12. The van der Waals surface area contributed by atoms with Gasteiger partial charge in [-0.25, -0.2) is 4.79 Å². The van der Waals surface area contributed by atoms with E-state index < -0.39 is 5.97 Å². The van der Waals surface area contributed by atoms with Gasteiger partial charge < -0.3 is 24.2 Å². The molecule has 5 aromatic rings. The van der Waals surface area contributed by atoms with Crippen LogP contribution in [0.15, 0.2) is 134 Å². The number of carboxylic acids is 1. The molecule has 3 N–H and O–H groups in total. The first kappa shape index (κ1) is 28.3. The second-order valence-electron chi connectivity index (χ2n) is 12.0. The van der Waals surface area contributed by atoms with Gasteiger partial charge in [-0.2, -0.15) is 0 Å². The molecule has 5 aromatic carbocycles. The van der Waals surface area contributed by atoms with Crippen molar-refractivity contribution in [3.05, 3.63) is 141 Å². The van der Waals surface area contributed by atoms with Gasteiger partial charge in [0.2, 0.25) is 0 Å². The van der Waals surface area contributed by atoms with Crippen LogP contribution in [-0.4, -0.2) is 21.3 Å². The number of aromatic hydroxyl groups is 2. The molecule has 0 radical (unpaired) electrons. The number of carboxylic acid groups (broad SMARTS) is 1. The Morgan fingerprint density at radius 3 is 1.51 bits per heavy atom. The molecular formula is C41H22O8. The van der Waals surface area contributed by atoms with Gasteiger partial charge in [0, 0.05) is 68.1 Å². The number of hydrogen-bond acceptors (Lipinski definition) is 7. The number of aromatic carboxylic acids is 1. The lowest BCUT2D eigenvalue weighted by molar-refractivity contribution is 0.0697. The molecule has 0 fully saturated rings. The van der Waals surface area contributed by atoms with E-state index in [2.05, 4.69) is 0 Å². The van der Waals surface area contributed by atoms with Gasteiger partial charge >= 0.3 is 5.97 Å². The molecule has 8 heteroatoms. The fourth-order valence-corrected chi connectivity index (χ4v) is 7.11. The van der Waals surface area contributed by atoms with Crippen molar-refractivity contribution in [3.63, 3.8) is 0 Å². The molecule has 8 nitrogen and oxygen atoms in total. The van der Waals surface area contributed by atoms with Gasteiger partial charge in [0.25, 0.3) is 0 Å². The summed E-state index contributed by atoms with van der Waals surface area (Å²) in [6.45, 7) is 0. The molecule has 2 aliphatic carbocycles. The van der Waals surface area contributed by atoms with Crippen molar-refractivity contribution >= 4 is 49.5 Å². The number of fused-ring (bicyclic) bond motifs is 8. The number of benzene rings is 7. The summed E-state index contributed by atoms with van der Waals surface area (Å²) in [6.07, 6.45) is 0. The predicted octanol–water partition coefficient (Wildman–Crippen LogP) is 8.86. The molecule has 0 saturated carbocycles. The van der Waals surface area contributed by atoms with Crippen molar-refractivity contribution < 1.29 is 28.9 Å². The van der Waals surface area contributed by atoms with E-state index in [1.54, 1.807) is 42.5 Å². The van der Waals surface area contributed by atoms with Crippen molar-refractivity contribution in [1.29, 1.82) is 0 Å². The summed E-state index contributed by atoms with van der Waals surface area (Å²) in [4.78, 5) is 38.1. The Labute approximate surface area is 275 Å². The number of carbonyl (C=O) groups is 1. The summed E-state index contributed by atoms with van der Waals surface area (Å²) in [7, 11) is 0. The minimum Gasteiger partial charge on any atom is -0.507 e. The molecule has 0 atom stereocenters. The van der Waals surface area contributed by atoms with Crippen LogP contribution in [0.2, 0.25) is 0 Å². The van der Waals surface area contributed by atoms with E-state index in [1.807, 2.05) is 36.4 Å². The topological polar surface area (TPSA) is 138 Å². The second kappa shape index (κ2) is 10.3. The standard InChI is InChI=1S/C41H22O8/c42-21-10-13-28-33(16-21)48-35-18-31(44)23-5-1-3-7-25(23)39(35)37(28)20-9-12-27(30(15-20)41(46)47)38-29-14-11-22(43)17-34(29)49-36-19-32(45)24-6-2-4-8-26(24)40(36)38/h1-19,44-45H,(H,46,47). The maximum absolute atomic E-state index is 13.2. The quantitative estimate of drug-likeness (QED) is 0.128. The molecule has 0 saturated heterocycles. The van der Waals surface area contributed by atoms with Crippen molar-refractivity contribution in [2.24, 2.45) is 0 Å². The fraction of sp³-hybridized carbons (Fsp3) is 0. The van der Waals surface area contributed by atoms with Gasteiger partial charge in [0.05, 0.1) is 5.56 Å². The number of rotatable bonds is 3. The third kappa shape index (κ3) is 4.21. The Morgan fingerprint density at radius 1 is 0.510 bits per heavy atom. The third-order valence-corrected chi connectivity index (χ3v) is 9.17. The molecule has 0 bridgehead atoms. The van der Waals surface area contributed by atoms with Crippen LogP contribution in [0.4, 0.5) is 0 Å². The molecular weight excluding hydrogens is 620 g/mol. The predicted molar refractivity (Wildman–Crippen MR) is 188 cm³/mol. The Hall–Kier alpha value is -6.93. The largest absolute Gasteiger partial charge is 0.507 e. The number of hydrogen-bond donors (Lipinski definition) is 3. The number of phenolic OH excluding ortho intramolecular Hbond substituents is 2. The first-order chi connectivity index (χ1) is 23.8. The van der Waals surface area contributed by atoms with Crippen LogP contribution in [0.25, 0.3) is 88.4 Å². The molecule has 0 aromatic heterocycles. The van der Waals surface area contributed by atoms with Crippen molar-refractivity contribution in [1.82, 2.24) is 0 Å². The molecule has 234 valence electrons. The zero-order chi connectivity index (χ0) is 33.6. The highest BCUT2D eigenvalue weighted by molar-refractivity contribution is 6.20. The zero-order valence-corrected chi connectivity index (χ0v) is 25.4. The van der Waals surface area contributed by atoms with Crippen LogP contribution < -0.4 is 10.9 Å². The Kier molecular flexibility index (Phi) is 5.94. The van der Waals surface area contributed by atoms with Crippen molar-refractivity contribution in [2.75, 3.05) is 0 Å². The first-order valence-electron chi connectivity index (χ1n) is 15.4. The summed E-state index contributed by atoms with van der Waals surface area (Å²) >= 11 is 0. The van der Waals surface area contributed by atoms with Gasteiger partial charge in [-0.05, 0) is 52.2 Å². The van der Waals surface area contributed by atoms with E-state index >= 15 is 0 Å². The lowest BCUT2D eigenvalue weighted by Crippen LogP contribution is -2.05. The van der Waals surface area contributed by atoms with Gasteiger partial charge in [0.15, 0.2) is 10.9 Å². The van der Waals surface area contributed by atoms with E-state index in [0.29, 0.717) is 71.3 Å². The number of phenols is 2. The smallest absolute Gasteiger partial charge is 0.336 e. The Balaban J connectivity index is 1.43. The lowest BCUT2D eigenvalue weighted by Gasteiger charge is -2.20. The molecule has 2 heterocycles. The van der Waals surface area contributed by atoms with E-state index in [-0.39, 0.29) is 45.0 Å². The molecule has 4 aliphatic rings. The third-order valence-electron chi connectivity index (χ3n) is 9.17. The van der Waals surface area contributed by atoms with E-state index in [0.717, 1.165) is 0 Å². The summed E-state index contributed by atoms with van der Waals surface area (Å²) < 4.78 is 12.3. The Bertz CT molecular complexity index is 2930. The highest BCUT2D eigenvalue weighted by atomic mass is 16.4. The van der Waals surface area contributed by atoms with Crippen LogP contribution in [0.3, 0.4) is 0 Å². The maximum atomic E-state index is 13.2. The summed E-state index contributed by atoms with van der Waals surface area (Å²) in [5.41, 5.74) is 3.22. The minimum absolute atomic E-state index is 0.00440. The molecule has 9 rings (SSSR count). The highest BCUT2D eigenvalue weighted by Gasteiger charge is 2.26. The summed E-state index contributed by atoms with van der Waals surface area (Å²) in [5, 5.41) is 36.3. The molecule has 2 aliphatic heterocycles. The van der Waals surface area contributed by atoms with E-state index in [1.165, 1.54) is 36.4 Å². The fourth-order valence-electron chi connectivity index (χ4n) is 7.11. The van der Waals surface area contributed by atoms with Crippen LogP contribution in [-0.2, 0) is 0 Å². The maximum Gasteiger partial charge on any atom is 0.336 e. The highest BCUT2D eigenvalue weighted by Crippen LogP contribution is 2.48. The average Bonchev–Trinajstić information content (AvgIpc) is 3.09. The van der Waals surface area contributed by atoms with Crippen molar-refractivity contribution in [3.8, 4) is 56.4 Å². The average molecular weight is 643 g/mol. The van der Waals surface area contributed by atoms with Gasteiger partial charge in [-0.3, -0.25) is 9.59 Å². The Morgan fingerprint density at radius 2 is 0.980 bits per heavy atom. The molecule has 0 amide bonds. The normalized spacial score (nSPS) is 11.8. The lowest BCUT2D eigenvalue weighted by atomic mass is 9.85. The molecule has 49 heavy (non-hydrogen) atoms. The minimum atomic E-state index is -1.19. The molecule has 0 spiro atoms. The summed E-state index contributed by atoms with van der Waals surface area (Å²) in [5.74, 6) is -0.679. The van der Waals surface area contributed by atoms with Gasteiger partial charge in [0.1, 0.15) is 34.2 Å².